The van der Waals surface area contributed by atoms with Crippen molar-refractivity contribution in [3.8, 4) is 17.6 Å². The topological polar surface area (TPSA) is 68.0 Å². The van der Waals surface area contributed by atoms with E-state index in [1.807, 2.05) is 31.2 Å². The van der Waals surface area contributed by atoms with Gasteiger partial charge in [-0.2, -0.15) is 5.26 Å². The third-order valence-electron chi connectivity index (χ3n) is 2.67. The standard InChI is InChI=1S/C14H11N3O2S/c1-9-6-10(8-15)17-14(16-9)20-11-2-3-12-13(7-11)19-5-4-18-12/h2-3,6-7H,4-5H2,1H3. The molecule has 20 heavy (non-hydrogen) atoms. The van der Waals surface area contributed by atoms with Crippen LogP contribution in [0, 0.1) is 18.3 Å². The Hall–Kier alpha value is -2.26. The number of rotatable bonds is 2. The van der Waals surface area contributed by atoms with Gasteiger partial charge in [0, 0.05) is 10.6 Å². The number of benzene rings is 1. The van der Waals surface area contributed by atoms with Crippen molar-refractivity contribution < 1.29 is 9.47 Å². The highest BCUT2D eigenvalue weighted by molar-refractivity contribution is 7.99. The van der Waals surface area contributed by atoms with Crippen molar-refractivity contribution in [3.05, 3.63) is 35.7 Å². The van der Waals surface area contributed by atoms with Crippen LogP contribution in [0.3, 0.4) is 0 Å². The molecule has 1 aromatic heterocycles. The maximum absolute atomic E-state index is 8.92. The first-order chi connectivity index (χ1) is 9.74. The largest absolute Gasteiger partial charge is 0.486 e. The average molecular weight is 285 g/mol. The normalized spacial score (nSPS) is 12.8. The maximum Gasteiger partial charge on any atom is 0.193 e. The molecular formula is C14H11N3O2S. The van der Waals surface area contributed by atoms with Crippen LogP contribution in [0.15, 0.2) is 34.3 Å². The van der Waals surface area contributed by atoms with Gasteiger partial charge in [0.1, 0.15) is 25.0 Å². The first-order valence-corrected chi connectivity index (χ1v) is 6.89. The van der Waals surface area contributed by atoms with Crippen molar-refractivity contribution in [3.63, 3.8) is 0 Å². The van der Waals surface area contributed by atoms with Gasteiger partial charge in [0.05, 0.1) is 0 Å². The lowest BCUT2D eigenvalue weighted by Gasteiger charge is -2.18. The summed E-state index contributed by atoms with van der Waals surface area (Å²) in [7, 11) is 0. The van der Waals surface area contributed by atoms with Gasteiger partial charge < -0.3 is 9.47 Å². The summed E-state index contributed by atoms with van der Waals surface area (Å²) in [6.07, 6.45) is 0. The quantitative estimate of drug-likeness (QED) is 0.790. The van der Waals surface area contributed by atoms with E-state index in [1.165, 1.54) is 11.8 Å². The van der Waals surface area contributed by atoms with E-state index in [1.54, 1.807) is 6.07 Å². The van der Waals surface area contributed by atoms with Crippen LogP contribution >= 0.6 is 11.8 Å². The fourth-order valence-corrected chi connectivity index (χ4v) is 2.68. The molecule has 0 saturated heterocycles. The van der Waals surface area contributed by atoms with Gasteiger partial charge in [-0.05, 0) is 43.0 Å². The highest BCUT2D eigenvalue weighted by Gasteiger charge is 2.13. The van der Waals surface area contributed by atoms with Crippen molar-refractivity contribution in [2.45, 2.75) is 17.0 Å². The van der Waals surface area contributed by atoms with Gasteiger partial charge in [-0.1, -0.05) is 0 Å². The zero-order valence-corrected chi connectivity index (χ0v) is 11.6. The number of hydrogen-bond acceptors (Lipinski definition) is 6. The molecule has 2 aromatic rings. The minimum absolute atomic E-state index is 0.373. The Morgan fingerprint density at radius 3 is 2.75 bits per heavy atom. The molecule has 5 nitrogen and oxygen atoms in total. The zero-order chi connectivity index (χ0) is 13.9. The molecule has 0 spiro atoms. The molecule has 100 valence electrons. The minimum Gasteiger partial charge on any atom is -0.486 e. The van der Waals surface area contributed by atoms with E-state index in [0.29, 0.717) is 24.1 Å². The number of nitrogens with zero attached hydrogens (tertiary/aromatic N) is 3. The summed E-state index contributed by atoms with van der Waals surface area (Å²) in [5.41, 5.74) is 1.15. The molecule has 0 radical (unpaired) electrons. The van der Waals surface area contributed by atoms with Gasteiger partial charge in [-0.3, -0.25) is 0 Å². The van der Waals surface area contributed by atoms with Crippen molar-refractivity contribution in [1.29, 1.82) is 5.26 Å². The summed E-state index contributed by atoms with van der Waals surface area (Å²) in [6, 6.07) is 9.39. The second kappa shape index (κ2) is 5.39. The molecule has 0 aliphatic carbocycles. The van der Waals surface area contributed by atoms with E-state index >= 15 is 0 Å². The first kappa shape index (κ1) is 12.8. The summed E-state index contributed by atoms with van der Waals surface area (Å²) < 4.78 is 11.0. The fraction of sp³-hybridized carbons (Fsp3) is 0.214. The second-order valence-electron chi connectivity index (χ2n) is 4.20. The molecule has 0 unspecified atom stereocenters. The summed E-state index contributed by atoms with van der Waals surface area (Å²) in [5.74, 6) is 1.48. The fourth-order valence-electron chi connectivity index (χ4n) is 1.84. The van der Waals surface area contributed by atoms with Crippen molar-refractivity contribution in [2.75, 3.05) is 13.2 Å². The SMILES string of the molecule is Cc1cc(C#N)nc(Sc2ccc3c(c2)OCCO3)n1. The lowest BCUT2D eigenvalue weighted by molar-refractivity contribution is 0.171. The highest BCUT2D eigenvalue weighted by atomic mass is 32.2. The second-order valence-corrected chi connectivity index (χ2v) is 5.24. The molecule has 1 aliphatic heterocycles. The third-order valence-corrected chi connectivity index (χ3v) is 3.53. The van der Waals surface area contributed by atoms with Gasteiger partial charge in [0.25, 0.3) is 0 Å². The van der Waals surface area contributed by atoms with E-state index in [9.17, 15) is 0 Å². The molecule has 0 fully saturated rings. The summed E-state index contributed by atoms with van der Waals surface area (Å²) in [6.45, 7) is 2.98. The molecule has 2 heterocycles. The number of fused-ring (bicyclic) bond motifs is 1. The van der Waals surface area contributed by atoms with E-state index in [-0.39, 0.29) is 0 Å². The van der Waals surface area contributed by atoms with Gasteiger partial charge in [-0.15, -0.1) is 0 Å². The molecule has 0 atom stereocenters. The van der Waals surface area contributed by atoms with Crippen molar-refractivity contribution >= 4 is 11.8 Å². The molecule has 0 N–H and O–H groups in total. The van der Waals surface area contributed by atoms with Crippen LogP contribution in [-0.2, 0) is 0 Å². The molecule has 0 saturated carbocycles. The summed E-state index contributed by atoms with van der Waals surface area (Å²) >= 11 is 1.40. The number of hydrogen-bond donors (Lipinski definition) is 0. The van der Waals surface area contributed by atoms with Gasteiger partial charge in [0.15, 0.2) is 16.7 Å². The Morgan fingerprint density at radius 2 is 1.95 bits per heavy atom. The summed E-state index contributed by atoms with van der Waals surface area (Å²) in [5, 5.41) is 9.48. The molecule has 0 bridgehead atoms. The van der Waals surface area contributed by atoms with E-state index in [0.717, 1.165) is 22.1 Å². The molecule has 1 aromatic carbocycles. The van der Waals surface area contributed by atoms with Crippen LogP contribution in [0.1, 0.15) is 11.4 Å². The molecule has 6 heteroatoms. The smallest absolute Gasteiger partial charge is 0.193 e. The Kier molecular flexibility index (Phi) is 3.44. The molecule has 3 rings (SSSR count). The Morgan fingerprint density at radius 1 is 1.15 bits per heavy atom. The van der Waals surface area contributed by atoms with Crippen LogP contribution in [0.5, 0.6) is 11.5 Å². The van der Waals surface area contributed by atoms with Crippen LogP contribution < -0.4 is 9.47 Å². The van der Waals surface area contributed by atoms with E-state index < -0.39 is 0 Å². The Bertz CT molecular complexity index is 697. The highest BCUT2D eigenvalue weighted by Crippen LogP contribution is 2.35. The Labute approximate surface area is 120 Å². The number of nitriles is 1. The monoisotopic (exact) mass is 285 g/mol. The predicted octanol–water partition coefficient (Wildman–Crippen LogP) is 2.58. The summed E-state index contributed by atoms with van der Waals surface area (Å²) in [4.78, 5) is 9.44. The third kappa shape index (κ3) is 2.68. The average Bonchev–Trinajstić information content (AvgIpc) is 2.46. The molecule has 1 aliphatic rings. The van der Waals surface area contributed by atoms with E-state index in [2.05, 4.69) is 9.97 Å². The lowest BCUT2D eigenvalue weighted by atomic mass is 10.3. The van der Waals surface area contributed by atoms with Gasteiger partial charge in [0.2, 0.25) is 0 Å². The molecular weight excluding hydrogens is 274 g/mol. The zero-order valence-electron chi connectivity index (χ0n) is 10.8. The molecule has 0 amide bonds. The predicted molar refractivity (Wildman–Crippen MR) is 73.0 cm³/mol. The first-order valence-electron chi connectivity index (χ1n) is 6.08. The lowest BCUT2D eigenvalue weighted by Crippen LogP contribution is -2.15. The van der Waals surface area contributed by atoms with Crippen molar-refractivity contribution in [2.24, 2.45) is 0 Å². The van der Waals surface area contributed by atoms with Crippen LogP contribution in [0.2, 0.25) is 0 Å². The van der Waals surface area contributed by atoms with Crippen LogP contribution in [-0.4, -0.2) is 23.2 Å². The van der Waals surface area contributed by atoms with E-state index in [4.69, 9.17) is 14.7 Å². The minimum atomic E-state index is 0.373. The van der Waals surface area contributed by atoms with Crippen LogP contribution in [0.4, 0.5) is 0 Å². The maximum atomic E-state index is 8.92. The number of aryl methyl sites for hydroxylation is 1. The van der Waals surface area contributed by atoms with Crippen LogP contribution in [0.25, 0.3) is 0 Å². The number of ether oxygens (including phenoxy) is 2. The Balaban J connectivity index is 1.88. The number of aromatic nitrogens is 2. The van der Waals surface area contributed by atoms with Gasteiger partial charge >= 0.3 is 0 Å². The van der Waals surface area contributed by atoms with Crippen molar-refractivity contribution in [1.82, 2.24) is 9.97 Å². The van der Waals surface area contributed by atoms with Gasteiger partial charge in [-0.25, -0.2) is 9.97 Å².